The fraction of sp³-hybridized carbons (Fsp3) is 0.438. The Morgan fingerprint density at radius 2 is 2.22 bits per heavy atom. The maximum absolute atomic E-state index is 12.9. The number of hydrogen-bond acceptors (Lipinski definition) is 5. The van der Waals surface area contributed by atoms with Crippen LogP contribution in [0, 0.1) is 11.7 Å². The number of likely N-dealkylation sites (tertiary alicyclic amines) is 1. The molecule has 23 heavy (non-hydrogen) atoms. The first kappa shape index (κ1) is 15.6. The first-order chi connectivity index (χ1) is 11.2. The van der Waals surface area contributed by atoms with Crippen molar-refractivity contribution in [3.8, 4) is 11.5 Å². The molecule has 1 fully saturated rings. The zero-order chi connectivity index (χ0) is 16.2. The lowest BCUT2D eigenvalue weighted by atomic mass is 10.1. The van der Waals surface area contributed by atoms with Crippen LogP contribution in [0.1, 0.15) is 12.2 Å². The predicted molar refractivity (Wildman–Crippen MR) is 80.0 cm³/mol. The first-order valence-corrected chi connectivity index (χ1v) is 7.51. The number of hydrogen-bond donors (Lipinski definition) is 0. The largest absolute Gasteiger partial charge is 0.375 e. The molecule has 0 radical (unpaired) electrons. The number of carbonyl (C=O) groups is 1. The van der Waals surface area contributed by atoms with Gasteiger partial charge in [-0.2, -0.15) is 4.98 Å². The van der Waals surface area contributed by atoms with E-state index in [1.54, 1.807) is 17.0 Å². The highest BCUT2D eigenvalue weighted by Crippen LogP contribution is 2.22. The molecule has 0 aliphatic carbocycles. The Bertz CT molecular complexity index is 671. The van der Waals surface area contributed by atoms with Gasteiger partial charge in [-0.1, -0.05) is 5.16 Å². The molecule has 2 heterocycles. The van der Waals surface area contributed by atoms with E-state index in [1.807, 2.05) is 0 Å². The Kier molecular flexibility index (Phi) is 4.66. The number of amides is 1. The van der Waals surface area contributed by atoms with Crippen LogP contribution in [0.4, 0.5) is 4.39 Å². The van der Waals surface area contributed by atoms with Gasteiger partial charge in [-0.25, -0.2) is 4.39 Å². The van der Waals surface area contributed by atoms with Crippen LogP contribution < -0.4 is 0 Å². The molecular weight excluding hydrogens is 301 g/mol. The fourth-order valence-corrected chi connectivity index (χ4v) is 2.75. The van der Waals surface area contributed by atoms with E-state index in [-0.39, 0.29) is 18.3 Å². The molecule has 1 aromatic carbocycles. The molecule has 1 unspecified atom stereocenters. The number of benzene rings is 1. The molecule has 3 rings (SSSR count). The van der Waals surface area contributed by atoms with Gasteiger partial charge in [-0.3, -0.25) is 4.79 Å². The summed E-state index contributed by atoms with van der Waals surface area (Å²) in [6.45, 7) is 1.53. The van der Waals surface area contributed by atoms with Crippen LogP contribution in [-0.2, 0) is 16.0 Å². The summed E-state index contributed by atoms with van der Waals surface area (Å²) >= 11 is 0. The number of halogens is 1. The van der Waals surface area contributed by atoms with Gasteiger partial charge in [0.2, 0.25) is 5.91 Å². The van der Waals surface area contributed by atoms with Crippen molar-refractivity contribution < 1.29 is 18.4 Å². The van der Waals surface area contributed by atoms with Crippen LogP contribution in [-0.4, -0.2) is 47.8 Å². The topological polar surface area (TPSA) is 68.5 Å². The van der Waals surface area contributed by atoms with Crippen molar-refractivity contribution in [2.24, 2.45) is 5.92 Å². The lowest BCUT2D eigenvalue weighted by molar-refractivity contribution is -0.134. The third-order valence-electron chi connectivity index (χ3n) is 3.94. The van der Waals surface area contributed by atoms with Crippen molar-refractivity contribution in [1.82, 2.24) is 15.0 Å². The second-order valence-electron chi connectivity index (χ2n) is 5.65. The van der Waals surface area contributed by atoms with Crippen LogP contribution in [0.3, 0.4) is 0 Å². The molecule has 0 N–H and O–H groups in total. The molecule has 1 saturated heterocycles. The zero-order valence-electron chi connectivity index (χ0n) is 12.9. The molecule has 7 heteroatoms. The van der Waals surface area contributed by atoms with Crippen LogP contribution in [0.25, 0.3) is 11.5 Å². The Morgan fingerprint density at radius 1 is 1.43 bits per heavy atom. The average molecular weight is 319 g/mol. The highest BCUT2D eigenvalue weighted by atomic mass is 19.1. The van der Waals surface area contributed by atoms with E-state index in [0.717, 1.165) is 13.0 Å². The fourth-order valence-electron chi connectivity index (χ4n) is 2.75. The highest BCUT2D eigenvalue weighted by Gasteiger charge is 2.27. The van der Waals surface area contributed by atoms with Crippen molar-refractivity contribution in [3.63, 3.8) is 0 Å². The molecule has 2 aromatic rings. The molecule has 1 amide bonds. The summed E-state index contributed by atoms with van der Waals surface area (Å²) in [5.74, 6) is 1.01. The van der Waals surface area contributed by atoms with Crippen LogP contribution in [0.15, 0.2) is 28.8 Å². The van der Waals surface area contributed by atoms with Crippen LogP contribution in [0.5, 0.6) is 0 Å². The van der Waals surface area contributed by atoms with Crippen molar-refractivity contribution in [2.45, 2.75) is 12.8 Å². The van der Waals surface area contributed by atoms with Gasteiger partial charge in [0.1, 0.15) is 12.4 Å². The summed E-state index contributed by atoms with van der Waals surface area (Å²) in [6.07, 6.45) is 1.57. The van der Waals surface area contributed by atoms with Gasteiger partial charge in [0.25, 0.3) is 5.89 Å². The molecule has 0 bridgehead atoms. The summed E-state index contributed by atoms with van der Waals surface area (Å²) in [5.41, 5.74) is 0.688. The normalized spacial score (nSPS) is 17.7. The maximum Gasteiger partial charge on any atom is 0.257 e. The predicted octanol–water partition coefficient (Wildman–Crippen LogP) is 1.91. The lowest BCUT2D eigenvalue weighted by Gasteiger charge is -2.15. The second-order valence-corrected chi connectivity index (χ2v) is 5.65. The summed E-state index contributed by atoms with van der Waals surface area (Å²) in [4.78, 5) is 17.9. The second kappa shape index (κ2) is 6.87. The third kappa shape index (κ3) is 3.73. The SMILES string of the molecule is COCC(=O)N1CCC(Cc2noc(-c3ccc(F)cc3)n2)C1. The standard InChI is InChI=1S/C16H18FN3O3/c1-22-10-15(21)20-7-6-11(9-20)8-14-18-16(23-19-14)12-2-4-13(17)5-3-12/h2-5,11H,6-10H2,1H3. The number of nitrogens with zero attached hydrogens (tertiary/aromatic N) is 3. The first-order valence-electron chi connectivity index (χ1n) is 7.51. The Labute approximate surface area is 133 Å². The van der Waals surface area contributed by atoms with Gasteiger partial charge in [0.15, 0.2) is 5.82 Å². The summed E-state index contributed by atoms with van der Waals surface area (Å²) in [6, 6.07) is 5.92. The van der Waals surface area contributed by atoms with Gasteiger partial charge in [-0.15, -0.1) is 0 Å². The van der Waals surface area contributed by atoms with Gasteiger partial charge in [0, 0.05) is 32.2 Å². The average Bonchev–Trinajstić information content (AvgIpc) is 3.18. The van der Waals surface area contributed by atoms with Crippen molar-refractivity contribution in [3.05, 3.63) is 35.9 Å². The Morgan fingerprint density at radius 3 is 2.96 bits per heavy atom. The summed E-state index contributed by atoms with van der Waals surface area (Å²) in [7, 11) is 1.52. The van der Waals surface area contributed by atoms with E-state index in [9.17, 15) is 9.18 Å². The molecule has 1 aliphatic rings. The van der Waals surface area contributed by atoms with Crippen molar-refractivity contribution >= 4 is 5.91 Å². The lowest BCUT2D eigenvalue weighted by Crippen LogP contribution is -2.31. The smallest absolute Gasteiger partial charge is 0.257 e. The minimum atomic E-state index is -0.305. The van der Waals surface area contributed by atoms with E-state index in [0.29, 0.717) is 36.2 Å². The van der Waals surface area contributed by atoms with Crippen LogP contribution in [0.2, 0.25) is 0 Å². The van der Waals surface area contributed by atoms with Gasteiger partial charge in [-0.05, 0) is 36.6 Å². The minimum absolute atomic E-state index is 0.00936. The molecule has 6 nitrogen and oxygen atoms in total. The van der Waals surface area contributed by atoms with Crippen LogP contribution >= 0.6 is 0 Å². The van der Waals surface area contributed by atoms with Gasteiger partial charge < -0.3 is 14.2 Å². The quantitative estimate of drug-likeness (QED) is 0.842. The Hall–Kier alpha value is -2.28. The molecule has 1 atom stereocenters. The monoisotopic (exact) mass is 319 g/mol. The summed E-state index contributed by atoms with van der Waals surface area (Å²) < 4.78 is 23.0. The zero-order valence-corrected chi connectivity index (χ0v) is 12.9. The molecule has 0 saturated carbocycles. The van der Waals surface area contributed by atoms with Gasteiger partial charge in [0.05, 0.1) is 0 Å². The number of rotatable bonds is 5. The number of aromatic nitrogens is 2. The molecule has 122 valence electrons. The highest BCUT2D eigenvalue weighted by molar-refractivity contribution is 5.77. The van der Waals surface area contributed by atoms with Gasteiger partial charge >= 0.3 is 0 Å². The molecule has 0 spiro atoms. The van der Waals surface area contributed by atoms with E-state index < -0.39 is 0 Å². The number of ether oxygens (including phenoxy) is 1. The van der Waals surface area contributed by atoms with E-state index in [4.69, 9.17) is 9.26 Å². The third-order valence-corrected chi connectivity index (χ3v) is 3.94. The number of methoxy groups -OCH3 is 1. The van der Waals surface area contributed by atoms with Crippen molar-refractivity contribution in [2.75, 3.05) is 26.8 Å². The number of carbonyl (C=O) groups excluding carboxylic acids is 1. The van der Waals surface area contributed by atoms with E-state index in [2.05, 4.69) is 10.1 Å². The minimum Gasteiger partial charge on any atom is -0.375 e. The van der Waals surface area contributed by atoms with E-state index >= 15 is 0 Å². The molecule has 1 aromatic heterocycles. The molecule has 1 aliphatic heterocycles. The Balaban J connectivity index is 1.59. The molecular formula is C16H18FN3O3. The van der Waals surface area contributed by atoms with E-state index in [1.165, 1.54) is 19.2 Å². The maximum atomic E-state index is 12.9. The van der Waals surface area contributed by atoms with Crippen molar-refractivity contribution in [1.29, 1.82) is 0 Å². The summed E-state index contributed by atoms with van der Waals surface area (Å²) in [5, 5.41) is 3.98.